The van der Waals surface area contributed by atoms with Crippen LogP contribution in [0.15, 0.2) is 30.9 Å². The molecule has 300 valence electrons. The van der Waals surface area contributed by atoms with E-state index in [1.165, 1.54) is 15.8 Å². The molecule has 55 heavy (non-hydrogen) atoms. The molecule has 0 radical (unpaired) electrons. The lowest BCUT2D eigenvalue weighted by Crippen LogP contribution is -2.60. The van der Waals surface area contributed by atoms with Crippen molar-refractivity contribution in [2.75, 3.05) is 20.3 Å². The van der Waals surface area contributed by atoms with Crippen LogP contribution in [0.5, 0.6) is 5.75 Å². The number of amides is 4. The van der Waals surface area contributed by atoms with Gasteiger partial charge in [0.15, 0.2) is 5.82 Å². The summed E-state index contributed by atoms with van der Waals surface area (Å²) >= 11 is 0. The lowest BCUT2D eigenvalue weighted by Gasteiger charge is -2.36. The van der Waals surface area contributed by atoms with Gasteiger partial charge in [0.2, 0.25) is 21.8 Å². The summed E-state index contributed by atoms with van der Waals surface area (Å²) in [6, 6.07) is 3.41. The number of aromatic nitrogens is 4. The average Bonchev–Trinajstić information content (AvgIpc) is 4.03. The number of carbonyl (C=O) groups is 4. The third kappa shape index (κ3) is 8.21. The van der Waals surface area contributed by atoms with Gasteiger partial charge in [-0.3, -0.25) is 19.1 Å². The summed E-state index contributed by atoms with van der Waals surface area (Å²) in [5.41, 5.74) is -1.04. The fraction of sp³-hybridized carbons (Fsp3) is 0.658. The monoisotopic (exact) mass is 782 g/mol. The topological polar surface area (TPSA) is 204 Å². The molecule has 5 atom stereocenters. The van der Waals surface area contributed by atoms with Gasteiger partial charge in [-0.25, -0.2) is 13.2 Å². The highest BCUT2D eigenvalue weighted by molar-refractivity contribution is 7.91. The molecular formula is C38H54N8O8S. The molecule has 4 amide bonds. The number of nitrogens with one attached hydrogen (secondary N) is 3. The summed E-state index contributed by atoms with van der Waals surface area (Å²) in [5.74, 6) is -2.06. The number of methoxy groups -OCH3 is 1. The van der Waals surface area contributed by atoms with Crippen LogP contribution in [0.4, 0.5) is 4.79 Å². The number of ether oxygens (including phenoxy) is 2. The number of tetrazole rings is 1. The van der Waals surface area contributed by atoms with E-state index in [0.717, 1.165) is 37.0 Å². The van der Waals surface area contributed by atoms with Crippen molar-refractivity contribution in [3.63, 3.8) is 0 Å². The second kappa shape index (κ2) is 15.2. The highest BCUT2D eigenvalue weighted by Gasteiger charge is 2.62. The fourth-order valence-electron chi connectivity index (χ4n) is 7.84. The molecule has 0 unspecified atom stereocenters. The van der Waals surface area contributed by atoms with Gasteiger partial charge in [0.25, 0.3) is 5.91 Å². The summed E-state index contributed by atoms with van der Waals surface area (Å²) in [6.07, 6.45) is 5.72. The van der Waals surface area contributed by atoms with E-state index in [9.17, 15) is 27.6 Å². The van der Waals surface area contributed by atoms with Crippen LogP contribution in [-0.2, 0) is 35.6 Å². The van der Waals surface area contributed by atoms with Crippen LogP contribution in [0.3, 0.4) is 0 Å². The van der Waals surface area contributed by atoms with Crippen LogP contribution in [0.25, 0.3) is 5.69 Å². The van der Waals surface area contributed by atoms with E-state index in [1.54, 1.807) is 7.11 Å². The first-order valence-electron chi connectivity index (χ1n) is 19.2. The fourth-order valence-corrected chi connectivity index (χ4v) is 9.21. The molecule has 2 aliphatic carbocycles. The molecule has 1 aromatic heterocycles. The number of fused-ring (bicyclic) bond motifs is 8. The Kier molecular flexibility index (Phi) is 11.1. The molecule has 6 bridgehead atoms. The number of hydrogen-bond acceptors (Lipinski definition) is 11. The molecule has 1 aromatic carbocycles. The van der Waals surface area contributed by atoms with Crippen LogP contribution >= 0.6 is 0 Å². The Morgan fingerprint density at radius 2 is 1.91 bits per heavy atom. The van der Waals surface area contributed by atoms with Gasteiger partial charge in [0.05, 0.1) is 24.7 Å². The Balaban J connectivity index is 1.36. The standard InChI is InChI=1S/C38H54N8O8S/c1-8-25-20-38(25,34(49)43-55(51,52)27-14-15-27)40-32(47)28-19-24-21-45(28)33(48)30(36(4,5)6)39-35(50)54-22-37(9-2,10-3)17-11-12-23-18-26(13-16-29(23)53-7)46-42-31(24)41-44-46/h8,13,16,18,24-25,27-28,30H,1,9-12,14-15,17,19-22H2,2-7H3,(H,39,50)(H,40,47)(H,43,49)/t24-,25-,28+,30-,38-/m1/s1. The molecule has 3 heterocycles. The summed E-state index contributed by atoms with van der Waals surface area (Å²) in [6.45, 7) is 13.5. The van der Waals surface area contributed by atoms with Gasteiger partial charge in [0, 0.05) is 23.8 Å². The summed E-state index contributed by atoms with van der Waals surface area (Å²) < 4.78 is 39.2. The van der Waals surface area contributed by atoms with Crippen LogP contribution in [0.1, 0.15) is 103 Å². The van der Waals surface area contributed by atoms with Crippen molar-refractivity contribution in [1.29, 1.82) is 0 Å². The molecule has 6 rings (SSSR count). The van der Waals surface area contributed by atoms with E-state index in [-0.39, 0.29) is 31.4 Å². The largest absolute Gasteiger partial charge is 0.496 e. The maximum absolute atomic E-state index is 14.7. The molecule has 3 fully saturated rings. The minimum atomic E-state index is -3.90. The van der Waals surface area contributed by atoms with Gasteiger partial charge >= 0.3 is 6.09 Å². The van der Waals surface area contributed by atoms with Crippen molar-refractivity contribution in [2.45, 2.75) is 121 Å². The molecule has 1 saturated heterocycles. The van der Waals surface area contributed by atoms with Crippen molar-refractivity contribution in [3.05, 3.63) is 42.2 Å². The van der Waals surface area contributed by atoms with Gasteiger partial charge in [-0.2, -0.15) is 0 Å². The van der Waals surface area contributed by atoms with E-state index in [0.29, 0.717) is 30.8 Å². The highest BCUT2D eigenvalue weighted by atomic mass is 32.2. The first-order chi connectivity index (χ1) is 26.0. The normalized spacial score (nSPS) is 27.1. The molecule has 16 nitrogen and oxygen atoms in total. The minimum Gasteiger partial charge on any atom is -0.496 e. The lowest BCUT2D eigenvalue weighted by atomic mass is 9.78. The summed E-state index contributed by atoms with van der Waals surface area (Å²) in [5, 5.41) is 18.4. The summed E-state index contributed by atoms with van der Waals surface area (Å²) in [7, 11) is -2.28. The maximum Gasteiger partial charge on any atom is 0.407 e. The van der Waals surface area contributed by atoms with Crippen molar-refractivity contribution in [1.82, 2.24) is 40.5 Å². The molecule has 2 saturated carbocycles. The first kappa shape index (κ1) is 40.1. The second-order valence-corrected chi connectivity index (χ2v) is 18.6. The van der Waals surface area contributed by atoms with Gasteiger partial charge in [-0.05, 0) is 92.2 Å². The highest BCUT2D eigenvalue weighted by Crippen LogP contribution is 2.46. The number of benzene rings is 1. The third-order valence-electron chi connectivity index (χ3n) is 12.0. The van der Waals surface area contributed by atoms with Gasteiger partial charge in [0.1, 0.15) is 23.4 Å². The van der Waals surface area contributed by atoms with Gasteiger partial charge < -0.3 is 25.0 Å². The zero-order valence-electron chi connectivity index (χ0n) is 32.6. The van der Waals surface area contributed by atoms with Gasteiger partial charge in [-0.15, -0.1) is 21.6 Å². The van der Waals surface area contributed by atoms with Crippen LogP contribution in [0.2, 0.25) is 0 Å². The average molecular weight is 783 g/mol. The van der Waals surface area contributed by atoms with Crippen molar-refractivity contribution < 1.29 is 37.1 Å². The number of hydrogen-bond donors (Lipinski definition) is 3. The van der Waals surface area contributed by atoms with Crippen molar-refractivity contribution in [2.24, 2.45) is 16.7 Å². The smallest absolute Gasteiger partial charge is 0.407 e. The molecule has 3 N–H and O–H groups in total. The second-order valence-electron chi connectivity index (χ2n) is 16.6. The van der Waals surface area contributed by atoms with E-state index >= 15 is 0 Å². The molecule has 2 aliphatic heterocycles. The quantitative estimate of drug-likeness (QED) is 0.315. The molecule has 0 spiro atoms. The Morgan fingerprint density at radius 3 is 2.53 bits per heavy atom. The molecular weight excluding hydrogens is 729 g/mol. The maximum atomic E-state index is 14.7. The number of rotatable bonds is 9. The van der Waals surface area contributed by atoms with Crippen LogP contribution < -0.4 is 20.1 Å². The van der Waals surface area contributed by atoms with E-state index in [2.05, 4.69) is 46.1 Å². The Morgan fingerprint density at radius 1 is 1.18 bits per heavy atom. The first-order valence-corrected chi connectivity index (χ1v) is 20.8. The summed E-state index contributed by atoms with van der Waals surface area (Å²) in [4.78, 5) is 58.9. The predicted octanol–water partition coefficient (Wildman–Crippen LogP) is 3.31. The van der Waals surface area contributed by atoms with E-state index in [1.807, 2.05) is 39.0 Å². The number of carbonyl (C=O) groups excluding carboxylic acids is 4. The van der Waals surface area contributed by atoms with E-state index < -0.39 is 74.0 Å². The Hall–Kier alpha value is -4.54. The van der Waals surface area contributed by atoms with Crippen molar-refractivity contribution in [3.8, 4) is 11.4 Å². The van der Waals surface area contributed by atoms with Crippen molar-refractivity contribution >= 4 is 33.8 Å². The number of sulfonamides is 1. The Bertz CT molecular complexity index is 1930. The molecule has 17 heteroatoms. The zero-order chi connectivity index (χ0) is 39.9. The molecule has 4 aliphatic rings. The SMILES string of the molecule is C=C[C@@H]1C[C@]1(NC(=O)[C@@H]1C[C@@H]2CN1C(=O)[C@H](C(C)(C)C)NC(=O)OCC(CC)(CC)CCCc1cc(ccc1OC)-n1nnc2n1)C(=O)NS(=O)(=O)C1CC1. The number of aryl methyl sites for hydroxylation is 1. The Labute approximate surface area is 322 Å². The van der Waals surface area contributed by atoms with Crippen LogP contribution in [0, 0.1) is 16.7 Å². The number of nitrogens with zero attached hydrogens (tertiary/aromatic N) is 5. The third-order valence-corrected chi connectivity index (χ3v) is 13.8. The molecule has 2 aromatic rings. The lowest BCUT2D eigenvalue weighted by molar-refractivity contribution is -0.142. The van der Waals surface area contributed by atoms with Crippen LogP contribution in [-0.4, -0.2) is 100 Å². The minimum absolute atomic E-state index is 0.00864. The zero-order valence-corrected chi connectivity index (χ0v) is 33.4. The predicted molar refractivity (Wildman–Crippen MR) is 202 cm³/mol. The van der Waals surface area contributed by atoms with Gasteiger partial charge in [-0.1, -0.05) is 40.7 Å². The number of cyclic esters (lactones) is 1. The number of alkyl carbamates (subject to hydrolysis) is 1. The van der Waals surface area contributed by atoms with E-state index in [4.69, 9.17) is 14.6 Å².